The van der Waals surface area contributed by atoms with Crippen molar-refractivity contribution in [2.45, 2.75) is 77.0 Å². The van der Waals surface area contributed by atoms with Crippen LogP contribution in [0.25, 0.3) is 0 Å². The Balaban J connectivity index is 1.54. The maximum Gasteiger partial charge on any atom is -0.0355 e. The molecular formula is C16H28. The standard InChI is InChI=1S/C16H28/c1-2-6-13(7-3-1)12-16(14-8-4-9-14)15-10-5-11-15/h13-16H,1-12H2. The second kappa shape index (κ2) is 5.10. The number of rotatable bonds is 4. The molecule has 0 aromatic rings. The van der Waals surface area contributed by atoms with Crippen molar-refractivity contribution in [2.75, 3.05) is 0 Å². The van der Waals surface area contributed by atoms with E-state index in [1.54, 1.807) is 57.8 Å². The minimum absolute atomic E-state index is 1.12. The Morgan fingerprint density at radius 1 is 0.625 bits per heavy atom. The molecular weight excluding hydrogens is 192 g/mol. The van der Waals surface area contributed by atoms with Crippen molar-refractivity contribution in [3.05, 3.63) is 0 Å². The van der Waals surface area contributed by atoms with E-state index in [0.29, 0.717) is 0 Å². The number of hydrogen-bond donors (Lipinski definition) is 0. The molecule has 0 nitrogen and oxygen atoms in total. The zero-order valence-electron chi connectivity index (χ0n) is 10.8. The molecule has 3 aliphatic rings. The van der Waals surface area contributed by atoms with Crippen molar-refractivity contribution in [3.8, 4) is 0 Å². The molecule has 0 radical (unpaired) electrons. The first-order valence-electron chi connectivity index (χ1n) is 7.93. The van der Waals surface area contributed by atoms with Gasteiger partial charge < -0.3 is 0 Å². The first kappa shape index (κ1) is 11.1. The lowest BCUT2D eigenvalue weighted by Gasteiger charge is -2.44. The molecule has 0 heteroatoms. The summed E-state index contributed by atoms with van der Waals surface area (Å²) in [7, 11) is 0. The van der Waals surface area contributed by atoms with Gasteiger partial charge in [-0.25, -0.2) is 0 Å². The first-order chi connectivity index (χ1) is 7.93. The Kier molecular flexibility index (Phi) is 3.54. The van der Waals surface area contributed by atoms with Crippen LogP contribution in [0.15, 0.2) is 0 Å². The summed E-state index contributed by atoms with van der Waals surface area (Å²) >= 11 is 0. The van der Waals surface area contributed by atoms with Crippen LogP contribution in [0.4, 0.5) is 0 Å². The quantitative estimate of drug-likeness (QED) is 0.613. The minimum atomic E-state index is 1.12. The highest BCUT2D eigenvalue weighted by atomic mass is 14.4. The summed E-state index contributed by atoms with van der Waals surface area (Å²) in [6, 6.07) is 0. The Labute approximate surface area is 101 Å². The average molecular weight is 220 g/mol. The molecule has 0 unspecified atom stereocenters. The van der Waals surface area contributed by atoms with E-state index in [1.807, 2.05) is 0 Å². The molecule has 0 amide bonds. The normalized spacial score (nSPS) is 29.1. The Bertz CT molecular complexity index is 192. The maximum absolute atomic E-state index is 1.62. The van der Waals surface area contributed by atoms with Gasteiger partial charge in [-0.2, -0.15) is 0 Å². The summed E-state index contributed by atoms with van der Waals surface area (Å²) in [5.74, 6) is 4.60. The van der Waals surface area contributed by atoms with Gasteiger partial charge in [-0.1, -0.05) is 70.6 Å². The van der Waals surface area contributed by atoms with E-state index in [-0.39, 0.29) is 0 Å². The minimum Gasteiger partial charge on any atom is -0.0533 e. The Morgan fingerprint density at radius 2 is 1.19 bits per heavy atom. The lowest BCUT2D eigenvalue weighted by molar-refractivity contribution is 0.0653. The number of hydrogen-bond acceptors (Lipinski definition) is 0. The highest BCUT2D eigenvalue weighted by Crippen LogP contribution is 2.48. The third-order valence-electron chi connectivity index (χ3n) is 5.84. The molecule has 3 saturated carbocycles. The second-order valence-corrected chi connectivity index (χ2v) is 6.79. The summed E-state index contributed by atoms with van der Waals surface area (Å²) in [5.41, 5.74) is 0. The summed E-state index contributed by atoms with van der Waals surface area (Å²) in [6.07, 6.45) is 18.7. The van der Waals surface area contributed by atoms with Crippen molar-refractivity contribution in [1.29, 1.82) is 0 Å². The van der Waals surface area contributed by atoms with Gasteiger partial charge in [0.15, 0.2) is 0 Å². The lowest BCUT2D eigenvalue weighted by atomic mass is 9.61. The molecule has 3 aliphatic carbocycles. The van der Waals surface area contributed by atoms with E-state index < -0.39 is 0 Å². The van der Waals surface area contributed by atoms with Gasteiger partial charge in [0, 0.05) is 0 Å². The van der Waals surface area contributed by atoms with Crippen molar-refractivity contribution in [2.24, 2.45) is 23.7 Å². The van der Waals surface area contributed by atoms with Crippen LogP contribution in [0.5, 0.6) is 0 Å². The molecule has 0 aromatic carbocycles. The van der Waals surface area contributed by atoms with E-state index in [1.165, 1.54) is 19.3 Å². The maximum atomic E-state index is 1.62. The third kappa shape index (κ3) is 2.31. The van der Waals surface area contributed by atoms with Crippen molar-refractivity contribution in [3.63, 3.8) is 0 Å². The molecule has 3 fully saturated rings. The van der Waals surface area contributed by atoms with Crippen LogP contribution < -0.4 is 0 Å². The van der Waals surface area contributed by atoms with Gasteiger partial charge in [-0.15, -0.1) is 0 Å². The van der Waals surface area contributed by atoms with Crippen LogP contribution in [0.1, 0.15) is 77.0 Å². The van der Waals surface area contributed by atoms with E-state index in [0.717, 1.165) is 23.7 Å². The smallest absolute Gasteiger partial charge is 0.0355 e. The lowest BCUT2D eigenvalue weighted by Crippen LogP contribution is -2.34. The summed E-state index contributed by atoms with van der Waals surface area (Å²) in [4.78, 5) is 0. The van der Waals surface area contributed by atoms with E-state index in [4.69, 9.17) is 0 Å². The largest absolute Gasteiger partial charge is 0.0533 e. The van der Waals surface area contributed by atoms with Crippen LogP contribution in [0.3, 0.4) is 0 Å². The van der Waals surface area contributed by atoms with Crippen LogP contribution in [-0.4, -0.2) is 0 Å². The molecule has 0 bridgehead atoms. The SMILES string of the molecule is C1CCC(CC(C2CCC2)C2CCC2)CC1. The van der Waals surface area contributed by atoms with Crippen molar-refractivity contribution in [1.82, 2.24) is 0 Å². The topological polar surface area (TPSA) is 0 Å². The molecule has 0 aliphatic heterocycles. The zero-order valence-corrected chi connectivity index (χ0v) is 10.8. The molecule has 0 aromatic heterocycles. The van der Waals surface area contributed by atoms with Crippen LogP contribution in [0, 0.1) is 23.7 Å². The fourth-order valence-corrected chi connectivity index (χ4v) is 4.31. The fraction of sp³-hybridized carbons (Fsp3) is 1.00. The second-order valence-electron chi connectivity index (χ2n) is 6.79. The van der Waals surface area contributed by atoms with Gasteiger partial charge in [0.05, 0.1) is 0 Å². The van der Waals surface area contributed by atoms with Crippen molar-refractivity contribution >= 4 is 0 Å². The molecule has 3 rings (SSSR count). The van der Waals surface area contributed by atoms with E-state index >= 15 is 0 Å². The molecule has 0 spiro atoms. The summed E-state index contributed by atoms with van der Waals surface area (Å²) in [5, 5.41) is 0. The molecule has 0 atom stereocenters. The predicted octanol–water partition coefficient (Wildman–Crippen LogP) is 5.17. The van der Waals surface area contributed by atoms with E-state index in [2.05, 4.69) is 0 Å². The van der Waals surface area contributed by atoms with Crippen LogP contribution >= 0.6 is 0 Å². The average Bonchev–Trinajstić information content (AvgIpc) is 2.13. The zero-order chi connectivity index (χ0) is 10.8. The van der Waals surface area contributed by atoms with Gasteiger partial charge in [-0.05, 0) is 30.1 Å². The molecule has 16 heavy (non-hydrogen) atoms. The van der Waals surface area contributed by atoms with Crippen LogP contribution in [0.2, 0.25) is 0 Å². The van der Waals surface area contributed by atoms with Gasteiger partial charge in [0.25, 0.3) is 0 Å². The Hall–Kier alpha value is 0. The highest BCUT2D eigenvalue weighted by molar-refractivity contribution is 4.88. The van der Waals surface area contributed by atoms with Crippen molar-refractivity contribution < 1.29 is 0 Å². The predicted molar refractivity (Wildman–Crippen MR) is 69.4 cm³/mol. The fourth-order valence-electron chi connectivity index (χ4n) is 4.31. The van der Waals surface area contributed by atoms with Gasteiger partial charge >= 0.3 is 0 Å². The summed E-state index contributed by atoms with van der Waals surface area (Å²) < 4.78 is 0. The highest BCUT2D eigenvalue weighted by Gasteiger charge is 2.37. The molecule has 0 saturated heterocycles. The molecule has 92 valence electrons. The van der Waals surface area contributed by atoms with E-state index in [9.17, 15) is 0 Å². The third-order valence-corrected chi connectivity index (χ3v) is 5.84. The van der Waals surface area contributed by atoms with Gasteiger partial charge in [-0.3, -0.25) is 0 Å². The van der Waals surface area contributed by atoms with Gasteiger partial charge in [0.1, 0.15) is 0 Å². The van der Waals surface area contributed by atoms with Gasteiger partial charge in [0.2, 0.25) is 0 Å². The Morgan fingerprint density at radius 3 is 1.62 bits per heavy atom. The molecule has 0 heterocycles. The monoisotopic (exact) mass is 220 g/mol. The summed E-state index contributed by atoms with van der Waals surface area (Å²) in [6.45, 7) is 0. The molecule has 0 N–H and O–H groups in total. The first-order valence-corrected chi connectivity index (χ1v) is 7.93. The van der Waals surface area contributed by atoms with Crippen LogP contribution in [-0.2, 0) is 0 Å².